The first-order valence-corrected chi connectivity index (χ1v) is 7.20. The molecule has 0 bridgehead atoms. The van der Waals surface area contributed by atoms with Crippen molar-refractivity contribution in [3.05, 3.63) is 11.3 Å². The molecule has 0 aliphatic heterocycles. The zero-order chi connectivity index (χ0) is 14.6. The summed E-state index contributed by atoms with van der Waals surface area (Å²) in [5, 5.41) is 8.06. The summed E-state index contributed by atoms with van der Waals surface area (Å²) in [5.74, 6) is 1.23. The lowest BCUT2D eigenvalue weighted by atomic mass is 9.96. The summed E-state index contributed by atoms with van der Waals surface area (Å²) in [4.78, 5) is 2.32. The van der Waals surface area contributed by atoms with Crippen LogP contribution in [0.2, 0.25) is 0 Å². The third-order valence-electron chi connectivity index (χ3n) is 3.11. The maximum Gasteiger partial charge on any atom is 0.131 e. The van der Waals surface area contributed by atoms with Gasteiger partial charge in [-0.2, -0.15) is 5.10 Å². The van der Waals surface area contributed by atoms with Crippen LogP contribution in [0.5, 0.6) is 0 Å². The van der Waals surface area contributed by atoms with Crippen LogP contribution in [0.1, 0.15) is 45.4 Å². The van der Waals surface area contributed by atoms with Crippen LogP contribution in [0.3, 0.4) is 0 Å². The van der Waals surface area contributed by atoms with Gasteiger partial charge in [-0.25, -0.2) is 0 Å². The average molecular weight is 266 g/mol. The zero-order valence-electron chi connectivity index (χ0n) is 13.7. The molecule has 4 nitrogen and oxygen atoms in total. The highest BCUT2D eigenvalue weighted by molar-refractivity contribution is 5.49. The standard InChI is InChI=1S/C15H30N4/c1-8-9-16-10-13-12(2)17-19(7)14(13)18(6)11-15(3,4)5/h16H,8-11H2,1-7H3. The van der Waals surface area contributed by atoms with Crippen molar-refractivity contribution < 1.29 is 0 Å². The highest BCUT2D eigenvalue weighted by Crippen LogP contribution is 2.25. The van der Waals surface area contributed by atoms with Crippen LogP contribution < -0.4 is 10.2 Å². The first-order valence-electron chi connectivity index (χ1n) is 7.20. The molecule has 110 valence electrons. The molecule has 1 aromatic rings. The lowest BCUT2D eigenvalue weighted by Crippen LogP contribution is -2.31. The third-order valence-corrected chi connectivity index (χ3v) is 3.11. The van der Waals surface area contributed by atoms with Crippen LogP contribution in [0.25, 0.3) is 0 Å². The molecule has 0 saturated heterocycles. The number of hydrogen-bond donors (Lipinski definition) is 1. The van der Waals surface area contributed by atoms with Crippen molar-refractivity contribution in [2.45, 2.75) is 47.6 Å². The van der Waals surface area contributed by atoms with Crippen LogP contribution in [-0.2, 0) is 13.6 Å². The lowest BCUT2D eigenvalue weighted by molar-refractivity contribution is 0.415. The first-order chi connectivity index (χ1) is 8.76. The van der Waals surface area contributed by atoms with Crippen LogP contribution in [0.15, 0.2) is 0 Å². The van der Waals surface area contributed by atoms with Gasteiger partial charge in [-0.15, -0.1) is 0 Å². The van der Waals surface area contributed by atoms with Gasteiger partial charge in [-0.3, -0.25) is 4.68 Å². The minimum Gasteiger partial charge on any atom is -0.359 e. The molecular weight excluding hydrogens is 236 g/mol. The molecule has 0 radical (unpaired) electrons. The predicted molar refractivity (Wildman–Crippen MR) is 82.7 cm³/mol. The van der Waals surface area contributed by atoms with Crippen LogP contribution >= 0.6 is 0 Å². The molecule has 0 aliphatic carbocycles. The van der Waals surface area contributed by atoms with E-state index in [-0.39, 0.29) is 5.41 Å². The molecule has 1 aromatic heterocycles. The highest BCUT2D eigenvalue weighted by Gasteiger charge is 2.20. The van der Waals surface area contributed by atoms with E-state index in [0.29, 0.717) is 0 Å². The number of nitrogens with one attached hydrogen (secondary N) is 1. The normalized spacial score (nSPS) is 11.9. The van der Waals surface area contributed by atoms with Crippen molar-refractivity contribution in [3.8, 4) is 0 Å². The number of hydrogen-bond acceptors (Lipinski definition) is 3. The summed E-state index contributed by atoms with van der Waals surface area (Å²) in [5.41, 5.74) is 2.73. The Morgan fingerprint density at radius 2 is 1.95 bits per heavy atom. The summed E-state index contributed by atoms with van der Waals surface area (Å²) in [7, 11) is 4.19. The van der Waals surface area contributed by atoms with E-state index in [9.17, 15) is 0 Å². The molecule has 0 aliphatic rings. The van der Waals surface area contributed by atoms with Crippen molar-refractivity contribution in [1.29, 1.82) is 0 Å². The van der Waals surface area contributed by atoms with E-state index in [2.05, 4.69) is 57.0 Å². The molecule has 0 amide bonds. The van der Waals surface area contributed by atoms with E-state index in [1.54, 1.807) is 0 Å². The molecule has 0 fully saturated rings. The fourth-order valence-corrected chi connectivity index (χ4v) is 2.55. The van der Waals surface area contributed by atoms with Gasteiger partial charge in [0.1, 0.15) is 5.82 Å². The highest BCUT2D eigenvalue weighted by atomic mass is 15.4. The number of rotatable bonds is 6. The quantitative estimate of drug-likeness (QED) is 0.804. The Kier molecular flexibility index (Phi) is 5.41. The number of nitrogens with zero attached hydrogens (tertiary/aromatic N) is 3. The Morgan fingerprint density at radius 3 is 2.47 bits per heavy atom. The number of aryl methyl sites for hydroxylation is 2. The van der Waals surface area contributed by atoms with Gasteiger partial charge in [0, 0.05) is 32.7 Å². The predicted octanol–water partition coefficient (Wildman–Crippen LogP) is 2.71. The molecule has 1 rings (SSSR count). The van der Waals surface area contributed by atoms with Gasteiger partial charge in [0.2, 0.25) is 0 Å². The van der Waals surface area contributed by atoms with E-state index in [1.807, 2.05) is 11.7 Å². The van der Waals surface area contributed by atoms with E-state index in [4.69, 9.17) is 0 Å². The molecule has 0 unspecified atom stereocenters. The molecular formula is C15H30N4. The Hall–Kier alpha value is -1.03. The molecule has 0 saturated carbocycles. The van der Waals surface area contributed by atoms with Gasteiger partial charge in [-0.05, 0) is 25.3 Å². The van der Waals surface area contributed by atoms with Crippen LogP contribution in [0.4, 0.5) is 5.82 Å². The van der Waals surface area contributed by atoms with Crippen molar-refractivity contribution in [3.63, 3.8) is 0 Å². The van der Waals surface area contributed by atoms with E-state index >= 15 is 0 Å². The average Bonchev–Trinajstić information content (AvgIpc) is 2.51. The van der Waals surface area contributed by atoms with E-state index < -0.39 is 0 Å². The molecule has 1 N–H and O–H groups in total. The molecule has 0 atom stereocenters. The van der Waals surface area contributed by atoms with Gasteiger partial charge in [0.25, 0.3) is 0 Å². The summed E-state index contributed by atoms with van der Waals surface area (Å²) in [6.07, 6.45) is 1.16. The van der Waals surface area contributed by atoms with Crippen LogP contribution in [-0.4, -0.2) is 29.9 Å². The van der Waals surface area contributed by atoms with Gasteiger partial charge in [-0.1, -0.05) is 27.7 Å². The molecule has 0 spiro atoms. The molecule has 0 aromatic carbocycles. The Labute approximate surface area is 118 Å². The number of anilines is 1. The first kappa shape index (κ1) is 16.0. The van der Waals surface area contributed by atoms with Crippen LogP contribution in [0, 0.1) is 12.3 Å². The van der Waals surface area contributed by atoms with E-state index in [1.165, 1.54) is 11.4 Å². The SMILES string of the molecule is CCCNCc1c(C)nn(C)c1N(C)CC(C)(C)C. The number of aromatic nitrogens is 2. The zero-order valence-corrected chi connectivity index (χ0v) is 13.7. The maximum atomic E-state index is 4.58. The maximum absolute atomic E-state index is 4.58. The fourth-order valence-electron chi connectivity index (χ4n) is 2.55. The minimum absolute atomic E-state index is 0.279. The van der Waals surface area contributed by atoms with Crippen molar-refractivity contribution in [2.75, 3.05) is 25.0 Å². The van der Waals surface area contributed by atoms with Gasteiger partial charge < -0.3 is 10.2 Å². The summed E-state index contributed by atoms with van der Waals surface area (Å²) in [6.45, 7) is 14.1. The summed E-state index contributed by atoms with van der Waals surface area (Å²) in [6, 6.07) is 0. The topological polar surface area (TPSA) is 33.1 Å². The molecule has 19 heavy (non-hydrogen) atoms. The second-order valence-electron chi connectivity index (χ2n) is 6.60. The Bertz CT molecular complexity index is 401. The Morgan fingerprint density at radius 1 is 1.32 bits per heavy atom. The van der Waals surface area contributed by atoms with Gasteiger partial charge in [0.15, 0.2) is 0 Å². The largest absolute Gasteiger partial charge is 0.359 e. The van der Waals surface area contributed by atoms with E-state index in [0.717, 1.165) is 31.7 Å². The van der Waals surface area contributed by atoms with Gasteiger partial charge >= 0.3 is 0 Å². The second kappa shape index (κ2) is 6.42. The van der Waals surface area contributed by atoms with Crippen molar-refractivity contribution in [1.82, 2.24) is 15.1 Å². The monoisotopic (exact) mass is 266 g/mol. The summed E-state index contributed by atoms with van der Waals surface area (Å²) >= 11 is 0. The minimum atomic E-state index is 0.279. The lowest BCUT2D eigenvalue weighted by Gasteiger charge is -2.29. The molecule has 4 heteroatoms. The Balaban J connectivity index is 2.92. The summed E-state index contributed by atoms with van der Waals surface area (Å²) < 4.78 is 2.00. The smallest absolute Gasteiger partial charge is 0.131 e. The second-order valence-corrected chi connectivity index (χ2v) is 6.60. The molecule has 1 heterocycles. The van der Waals surface area contributed by atoms with Gasteiger partial charge in [0.05, 0.1) is 5.69 Å². The van der Waals surface area contributed by atoms with Crippen molar-refractivity contribution >= 4 is 5.82 Å². The third kappa shape index (κ3) is 4.53. The fraction of sp³-hybridized carbons (Fsp3) is 0.800. The van der Waals surface area contributed by atoms with Crippen molar-refractivity contribution in [2.24, 2.45) is 12.5 Å².